The predicted octanol–water partition coefficient (Wildman–Crippen LogP) is 2.91. The van der Waals surface area contributed by atoms with Crippen molar-refractivity contribution in [3.05, 3.63) is 71.4 Å². The van der Waals surface area contributed by atoms with E-state index in [1.165, 1.54) is 0 Å². The highest BCUT2D eigenvalue weighted by molar-refractivity contribution is 5.95. The monoisotopic (exact) mass is 500 g/mol. The highest BCUT2D eigenvalue weighted by atomic mass is 16.5. The molecule has 3 N–H and O–H groups in total. The smallest absolute Gasteiger partial charge is 0.251 e. The van der Waals surface area contributed by atoms with E-state index < -0.39 is 0 Å². The third kappa shape index (κ3) is 5.89. The van der Waals surface area contributed by atoms with Crippen molar-refractivity contribution in [3.8, 4) is 11.1 Å². The van der Waals surface area contributed by atoms with E-state index >= 15 is 0 Å². The Hall–Kier alpha value is -3.98. The summed E-state index contributed by atoms with van der Waals surface area (Å²) in [5.41, 5.74) is 4.47. The first-order chi connectivity index (χ1) is 18.0. The van der Waals surface area contributed by atoms with Crippen molar-refractivity contribution < 1.29 is 14.3 Å². The van der Waals surface area contributed by atoms with E-state index in [1.807, 2.05) is 56.4 Å². The molecule has 0 spiro atoms. The van der Waals surface area contributed by atoms with E-state index in [4.69, 9.17) is 4.74 Å². The molecule has 1 saturated heterocycles. The molecule has 3 heterocycles. The van der Waals surface area contributed by atoms with Crippen molar-refractivity contribution in [1.29, 1.82) is 0 Å². The fourth-order valence-electron chi connectivity index (χ4n) is 4.78. The molecule has 9 heteroatoms. The SMILES string of the molecule is CNc1cc(C)nc(N2C[C@@H]3NC(=O)CCCNC(=O)c4cccc(c4)-c4cccc(c4)CO[C@H]3C2)n1. The lowest BCUT2D eigenvalue weighted by atomic mass is 10.0. The zero-order chi connectivity index (χ0) is 25.8. The lowest BCUT2D eigenvalue weighted by Crippen LogP contribution is -2.44. The summed E-state index contributed by atoms with van der Waals surface area (Å²) in [5.74, 6) is 1.15. The molecule has 0 radical (unpaired) electrons. The number of carbonyl (C=O) groups excluding carboxylic acids is 2. The van der Waals surface area contributed by atoms with Crippen LogP contribution < -0.4 is 20.9 Å². The predicted molar refractivity (Wildman–Crippen MR) is 142 cm³/mol. The lowest BCUT2D eigenvalue weighted by Gasteiger charge is -2.20. The van der Waals surface area contributed by atoms with Gasteiger partial charge in [-0.1, -0.05) is 30.3 Å². The van der Waals surface area contributed by atoms with Gasteiger partial charge in [0.15, 0.2) is 0 Å². The number of aromatic nitrogens is 2. The Labute approximate surface area is 216 Å². The number of fused-ring (bicyclic) bond motifs is 6. The summed E-state index contributed by atoms with van der Waals surface area (Å²) in [6.07, 6.45) is 0.635. The number of amides is 2. The van der Waals surface area contributed by atoms with E-state index in [9.17, 15) is 9.59 Å². The van der Waals surface area contributed by atoms with Crippen molar-refractivity contribution in [2.75, 3.05) is 36.9 Å². The Morgan fingerprint density at radius 1 is 1.00 bits per heavy atom. The Kier molecular flexibility index (Phi) is 7.32. The molecule has 9 nitrogen and oxygen atoms in total. The first-order valence-electron chi connectivity index (χ1n) is 12.7. The number of aryl methyl sites for hydroxylation is 1. The van der Waals surface area contributed by atoms with E-state index in [0.29, 0.717) is 50.6 Å². The number of benzene rings is 2. The number of hydrogen-bond donors (Lipinski definition) is 3. The van der Waals surface area contributed by atoms with Gasteiger partial charge in [0.1, 0.15) is 5.82 Å². The van der Waals surface area contributed by atoms with Gasteiger partial charge < -0.3 is 25.6 Å². The molecule has 0 aliphatic carbocycles. The van der Waals surface area contributed by atoms with E-state index in [0.717, 1.165) is 28.2 Å². The number of nitrogens with zero attached hydrogens (tertiary/aromatic N) is 3. The van der Waals surface area contributed by atoms with Crippen molar-refractivity contribution in [1.82, 2.24) is 20.6 Å². The van der Waals surface area contributed by atoms with Gasteiger partial charge in [-0.2, -0.15) is 4.98 Å². The van der Waals surface area contributed by atoms with Gasteiger partial charge in [-0.05, 0) is 48.2 Å². The quantitative estimate of drug-likeness (QED) is 0.497. The molecular weight excluding hydrogens is 468 g/mol. The topological polar surface area (TPSA) is 108 Å². The summed E-state index contributed by atoms with van der Waals surface area (Å²) in [6.45, 7) is 3.87. The summed E-state index contributed by atoms with van der Waals surface area (Å²) in [7, 11) is 1.83. The third-order valence-corrected chi connectivity index (χ3v) is 6.71. The number of nitrogens with one attached hydrogen (secondary N) is 3. The highest BCUT2D eigenvalue weighted by Crippen LogP contribution is 2.25. The first kappa shape index (κ1) is 24.7. The zero-order valence-corrected chi connectivity index (χ0v) is 21.2. The highest BCUT2D eigenvalue weighted by Gasteiger charge is 2.36. The summed E-state index contributed by atoms with van der Waals surface area (Å²) in [4.78, 5) is 36.8. The fraction of sp³-hybridized carbons (Fsp3) is 0.357. The minimum atomic E-state index is -0.228. The molecular formula is C28H32N6O3. The van der Waals surface area contributed by atoms with Crippen LogP contribution in [0.4, 0.5) is 11.8 Å². The summed E-state index contributed by atoms with van der Waals surface area (Å²) < 4.78 is 6.40. The molecule has 3 aromatic rings. The normalized spacial score (nSPS) is 20.4. The van der Waals surface area contributed by atoms with Gasteiger partial charge in [0, 0.05) is 50.4 Å². The maximum atomic E-state index is 12.8. The fourth-order valence-corrected chi connectivity index (χ4v) is 4.78. The number of hydrogen-bond acceptors (Lipinski definition) is 7. The van der Waals surface area contributed by atoms with Crippen LogP contribution in [0.2, 0.25) is 0 Å². The molecule has 0 unspecified atom stereocenters. The van der Waals surface area contributed by atoms with E-state index in [-0.39, 0.29) is 24.0 Å². The molecule has 192 valence electrons. The van der Waals surface area contributed by atoms with E-state index in [1.54, 1.807) is 6.07 Å². The lowest BCUT2D eigenvalue weighted by molar-refractivity contribution is -0.122. The third-order valence-electron chi connectivity index (χ3n) is 6.71. The van der Waals surface area contributed by atoms with Crippen molar-refractivity contribution in [3.63, 3.8) is 0 Å². The molecule has 4 bridgehead atoms. The molecule has 37 heavy (non-hydrogen) atoms. The van der Waals surface area contributed by atoms with Crippen molar-refractivity contribution >= 4 is 23.6 Å². The second-order valence-corrected chi connectivity index (χ2v) is 9.51. The number of ether oxygens (including phenoxy) is 1. The molecule has 1 fully saturated rings. The summed E-state index contributed by atoms with van der Waals surface area (Å²) in [5, 5.41) is 9.16. The minimum absolute atomic E-state index is 0.0657. The molecule has 2 aromatic carbocycles. The molecule has 1 aromatic heterocycles. The Morgan fingerprint density at radius 2 is 1.78 bits per heavy atom. The van der Waals surface area contributed by atoms with Crippen LogP contribution in [0.25, 0.3) is 11.1 Å². The van der Waals surface area contributed by atoms with Crippen LogP contribution in [0.1, 0.15) is 34.5 Å². The largest absolute Gasteiger partial charge is 0.373 e. The first-order valence-corrected chi connectivity index (χ1v) is 12.7. The maximum absolute atomic E-state index is 12.8. The number of carbonyl (C=O) groups is 2. The summed E-state index contributed by atoms with van der Waals surface area (Å²) in [6, 6.07) is 17.4. The van der Waals surface area contributed by atoms with Crippen LogP contribution in [-0.4, -0.2) is 60.6 Å². The molecule has 2 amide bonds. The van der Waals surface area contributed by atoms with Crippen LogP contribution in [0.3, 0.4) is 0 Å². The number of rotatable bonds is 2. The van der Waals surface area contributed by atoms with Gasteiger partial charge in [0.2, 0.25) is 11.9 Å². The van der Waals surface area contributed by atoms with Gasteiger partial charge in [-0.25, -0.2) is 4.98 Å². The maximum Gasteiger partial charge on any atom is 0.251 e. The van der Waals surface area contributed by atoms with E-state index in [2.05, 4.69) is 36.9 Å². The van der Waals surface area contributed by atoms with Crippen LogP contribution in [0, 0.1) is 6.92 Å². The van der Waals surface area contributed by atoms with Gasteiger partial charge in [0.25, 0.3) is 5.91 Å². The number of anilines is 2. The van der Waals surface area contributed by atoms with Gasteiger partial charge >= 0.3 is 0 Å². The van der Waals surface area contributed by atoms with Crippen LogP contribution in [-0.2, 0) is 16.1 Å². The van der Waals surface area contributed by atoms with Gasteiger partial charge in [-0.15, -0.1) is 0 Å². The Bertz CT molecular complexity index is 1300. The molecule has 2 aliphatic heterocycles. The molecule has 2 atom stereocenters. The zero-order valence-electron chi connectivity index (χ0n) is 21.2. The molecule has 5 rings (SSSR count). The standard InChI is InChI=1S/C28H32N6O3/c1-18-12-25(29-2)33-28(31-18)34-15-23-24(16-34)37-17-19-6-3-7-20(13-19)21-8-4-9-22(14-21)27(36)30-11-5-10-26(35)32-23/h3-4,6-9,12-14,23-24H,5,10-11,15-17H2,1-2H3,(H,30,36)(H,32,35)(H,29,31,33)/t23-,24-/m0/s1. The second kappa shape index (κ2) is 11.0. The van der Waals surface area contributed by atoms with Crippen molar-refractivity contribution in [2.45, 2.75) is 38.5 Å². The van der Waals surface area contributed by atoms with Crippen molar-refractivity contribution in [2.24, 2.45) is 0 Å². The second-order valence-electron chi connectivity index (χ2n) is 9.51. The Balaban J connectivity index is 1.41. The average molecular weight is 501 g/mol. The van der Waals surface area contributed by atoms with Gasteiger partial charge in [0.05, 0.1) is 18.8 Å². The van der Waals surface area contributed by atoms with Crippen LogP contribution >= 0.6 is 0 Å². The van der Waals surface area contributed by atoms with Gasteiger partial charge in [-0.3, -0.25) is 9.59 Å². The molecule has 0 saturated carbocycles. The van der Waals surface area contributed by atoms with Crippen LogP contribution in [0.15, 0.2) is 54.6 Å². The average Bonchev–Trinajstić information content (AvgIpc) is 3.31. The summed E-state index contributed by atoms with van der Waals surface area (Å²) >= 11 is 0. The molecule has 2 aliphatic rings. The Morgan fingerprint density at radius 3 is 2.62 bits per heavy atom. The minimum Gasteiger partial charge on any atom is -0.373 e. The van der Waals surface area contributed by atoms with Crippen LogP contribution in [0.5, 0.6) is 0 Å².